The Morgan fingerprint density at radius 1 is 1.21 bits per heavy atom. The molecule has 1 aromatic heterocycles. The van der Waals surface area contributed by atoms with Gasteiger partial charge in [0.15, 0.2) is 0 Å². The molecule has 24 heavy (non-hydrogen) atoms. The SMILES string of the molecule is O=C(CSC(=S)N1CCCC1)N[C@@H](c1ccccc1)c1cccs1. The van der Waals surface area contributed by atoms with Crippen LogP contribution in [0.3, 0.4) is 0 Å². The van der Waals surface area contributed by atoms with Crippen molar-refractivity contribution in [2.24, 2.45) is 0 Å². The van der Waals surface area contributed by atoms with E-state index in [-0.39, 0.29) is 11.9 Å². The summed E-state index contributed by atoms with van der Waals surface area (Å²) in [5.41, 5.74) is 1.10. The summed E-state index contributed by atoms with van der Waals surface area (Å²) in [7, 11) is 0. The number of nitrogens with one attached hydrogen (secondary N) is 1. The first-order valence-electron chi connectivity index (χ1n) is 8.03. The number of amides is 1. The van der Waals surface area contributed by atoms with E-state index in [2.05, 4.69) is 16.3 Å². The van der Waals surface area contributed by atoms with Crippen LogP contribution >= 0.6 is 35.3 Å². The van der Waals surface area contributed by atoms with Crippen molar-refractivity contribution >= 4 is 45.5 Å². The lowest BCUT2D eigenvalue weighted by molar-refractivity contribution is -0.119. The molecule has 1 aromatic carbocycles. The van der Waals surface area contributed by atoms with Crippen LogP contribution < -0.4 is 5.32 Å². The van der Waals surface area contributed by atoms with Gasteiger partial charge < -0.3 is 10.2 Å². The minimum Gasteiger partial charge on any atom is -0.358 e. The second-order valence-electron chi connectivity index (χ2n) is 5.68. The molecule has 0 aliphatic carbocycles. The molecule has 1 N–H and O–H groups in total. The van der Waals surface area contributed by atoms with Gasteiger partial charge in [-0.15, -0.1) is 11.3 Å². The van der Waals surface area contributed by atoms with Crippen molar-refractivity contribution in [1.29, 1.82) is 0 Å². The molecule has 0 radical (unpaired) electrons. The molecule has 3 nitrogen and oxygen atoms in total. The number of carbonyl (C=O) groups excluding carboxylic acids is 1. The van der Waals surface area contributed by atoms with Gasteiger partial charge in [-0.05, 0) is 29.9 Å². The summed E-state index contributed by atoms with van der Waals surface area (Å²) >= 11 is 8.55. The second-order valence-corrected chi connectivity index (χ2v) is 8.26. The van der Waals surface area contributed by atoms with Crippen LogP contribution in [0.2, 0.25) is 0 Å². The summed E-state index contributed by atoms with van der Waals surface area (Å²) in [5, 5.41) is 5.19. The molecule has 6 heteroatoms. The molecule has 1 amide bonds. The molecule has 0 saturated carbocycles. The summed E-state index contributed by atoms with van der Waals surface area (Å²) in [6.45, 7) is 2.05. The highest BCUT2D eigenvalue weighted by Gasteiger charge is 2.20. The lowest BCUT2D eigenvalue weighted by Gasteiger charge is -2.20. The summed E-state index contributed by atoms with van der Waals surface area (Å²) in [5.74, 6) is 0.383. The number of likely N-dealkylation sites (tertiary alicyclic amines) is 1. The van der Waals surface area contributed by atoms with Gasteiger partial charge in [0.1, 0.15) is 4.32 Å². The normalized spacial score (nSPS) is 15.2. The Morgan fingerprint density at radius 2 is 1.96 bits per heavy atom. The Morgan fingerprint density at radius 3 is 2.62 bits per heavy atom. The molecule has 1 aliphatic heterocycles. The van der Waals surface area contributed by atoms with E-state index in [1.165, 1.54) is 24.6 Å². The minimum absolute atomic E-state index is 0.0174. The molecule has 1 aliphatic rings. The van der Waals surface area contributed by atoms with Gasteiger partial charge in [0, 0.05) is 18.0 Å². The van der Waals surface area contributed by atoms with E-state index >= 15 is 0 Å². The van der Waals surface area contributed by atoms with Crippen LogP contribution in [0.1, 0.15) is 29.3 Å². The standard InChI is InChI=1S/C18H20N2OS3/c21-16(13-24-18(22)20-10-4-5-11-20)19-17(15-9-6-12-23-15)14-7-2-1-3-8-14/h1-3,6-9,12,17H,4-5,10-11,13H2,(H,19,21)/t17-/m0/s1. The third-order valence-corrected chi connectivity index (χ3v) is 6.42. The van der Waals surface area contributed by atoms with Crippen LogP contribution in [-0.4, -0.2) is 34.0 Å². The molecule has 2 aromatic rings. The summed E-state index contributed by atoms with van der Waals surface area (Å²) in [6.07, 6.45) is 2.39. The highest BCUT2D eigenvalue weighted by atomic mass is 32.2. The first-order chi connectivity index (χ1) is 11.7. The van der Waals surface area contributed by atoms with Crippen molar-refractivity contribution in [2.75, 3.05) is 18.8 Å². The van der Waals surface area contributed by atoms with Crippen LogP contribution in [-0.2, 0) is 4.79 Å². The summed E-state index contributed by atoms with van der Waals surface area (Å²) < 4.78 is 0.843. The Bertz CT molecular complexity index is 667. The summed E-state index contributed by atoms with van der Waals surface area (Å²) in [6, 6.07) is 14.1. The predicted molar refractivity (Wildman–Crippen MR) is 107 cm³/mol. The number of hydrogen-bond acceptors (Lipinski definition) is 4. The molecule has 3 rings (SSSR count). The Hall–Kier alpha value is -1.37. The van der Waals surface area contributed by atoms with Crippen molar-refractivity contribution in [3.63, 3.8) is 0 Å². The predicted octanol–water partition coefficient (Wildman–Crippen LogP) is 4.07. The number of thiophene rings is 1. The monoisotopic (exact) mass is 376 g/mol. The molecular weight excluding hydrogens is 356 g/mol. The van der Waals surface area contributed by atoms with E-state index in [1.807, 2.05) is 41.8 Å². The molecule has 2 heterocycles. The molecule has 126 valence electrons. The van der Waals surface area contributed by atoms with E-state index in [1.54, 1.807) is 11.3 Å². The van der Waals surface area contributed by atoms with Crippen LogP contribution in [0.5, 0.6) is 0 Å². The topological polar surface area (TPSA) is 32.3 Å². The third kappa shape index (κ3) is 4.59. The maximum absolute atomic E-state index is 12.4. The van der Waals surface area contributed by atoms with Crippen molar-refractivity contribution in [3.05, 3.63) is 58.3 Å². The Kier molecular flexibility index (Phi) is 6.29. The largest absolute Gasteiger partial charge is 0.358 e. The van der Waals surface area contributed by atoms with Crippen molar-refractivity contribution in [3.8, 4) is 0 Å². The fourth-order valence-corrected chi connectivity index (χ4v) is 4.61. The van der Waals surface area contributed by atoms with Gasteiger partial charge in [-0.2, -0.15) is 0 Å². The van der Waals surface area contributed by atoms with Gasteiger partial charge in [-0.3, -0.25) is 4.79 Å². The fraction of sp³-hybridized carbons (Fsp3) is 0.333. The molecule has 0 bridgehead atoms. The number of rotatable bonds is 5. The average Bonchev–Trinajstić information content (AvgIpc) is 3.31. The van der Waals surface area contributed by atoms with Crippen LogP contribution in [0.25, 0.3) is 0 Å². The van der Waals surface area contributed by atoms with E-state index in [9.17, 15) is 4.79 Å². The van der Waals surface area contributed by atoms with Gasteiger partial charge >= 0.3 is 0 Å². The van der Waals surface area contributed by atoms with Crippen LogP contribution in [0.4, 0.5) is 0 Å². The minimum atomic E-state index is -0.0975. The van der Waals surface area contributed by atoms with Crippen LogP contribution in [0, 0.1) is 0 Å². The van der Waals surface area contributed by atoms with Crippen LogP contribution in [0.15, 0.2) is 47.8 Å². The van der Waals surface area contributed by atoms with Crippen molar-refractivity contribution < 1.29 is 4.79 Å². The van der Waals surface area contributed by atoms with Crippen molar-refractivity contribution in [2.45, 2.75) is 18.9 Å². The number of benzene rings is 1. The molecular formula is C18H20N2OS3. The first-order valence-corrected chi connectivity index (χ1v) is 10.3. The highest BCUT2D eigenvalue weighted by Crippen LogP contribution is 2.26. The number of nitrogens with zero attached hydrogens (tertiary/aromatic N) is 1. The van der Waals surface area contributed by atoms with E-state index < -0.39 is 0 Å². The van der Waals surface area contributed by atoms with Gasteiger partial charge in [-0.1, -0.05) is 60.4 Å². The highest BCUT2D eigenvalue weighted by molar-refractivity contribution is 8.23. The fourth-order valence-electron chi connectivity index (χ4n) is 2.74. The van der Waals surface area contributed by atoms with Gasteiger partial charge in [0.05, 0.1) is 11.8 Å². The Balaban J connectivity index is 1.60. The Labute approximate surface area is 156 Å². The number of thioether (sulfide) groups is 1. The maximum Gasteiger partial charge on any atom is 0.231 e. The number of carbonyl (C=O) groups is 1. The van der Waals surface area contributed by atoms with Gasteiger partial charge in [-0.25, -0.2) is 0 Å². The van der Waals surface area contributed by atoms with E-state index in [0.29, 0.717) is 5.75 Å². The zero-order valence-electron chi connectivity index (χ0n) is 13.3. The molecule has 0 unspecified atom stereocenters. The summed E-state index contributed by atoms with van der Waals surface area (Å²) in [4.78, 5) is 15.8. The molecule has 0 spiro atoms. The van der Waals surface area contributed by atoms with E-state index in [0.717, 1.165) is 27.9 Å². The lowest BCUT2D eigenvalue weighted by atomic mass is 10.1. The van der Waals surface area contributed by atoms with E-state index in [4.69, 9.17) is 12.2 Å². The zero-order chi connectivity index (χ0) is 16.8. The lowest BCUT2D eigenvalue weighted by Crippen LogP contribution is -2.32. The second kappa shape index (κ2) is 8.65. The van der Waals surface area contributed by atoms with Crippen molar-refractivity contribution in [1.82, 2.24) is 10.2 Å². The number of thiocarbonyl (C=S) groups is 1. The smallest absolute Gasteiger partial charge is 0.231 e. The first kappa shape index (κ1) is 17.5. The third-order valence-electron chi connectivity index (χ3n) is 3.96. The average molecular weight is 377 g/mol. The molecule has 1 atom stereocenters. The van der Waals surface area contributed by atoms with Gasteiger partial charge in [0.25, 0.3) is 0 Å². The quantitative estimate of drug-likeness (QED) is 0.798. The number of hydrogen-bond donors (Lipinski definition) is 1. The molecule has 1 saturated heterocycles. The molecule has 1 fully saturated rings. The maximum atomic E-state index is 12.4. The van der Waals surface area contributed by atoms with Gasteiger partial charge in [0.2, 0.25) is 5.91 Å². The zero-order valence-corrected chi connectivity index (χ0v) is 15.8.